The Labute approximate surface area is 152 Å². The first-order chi connectivity index (χ1) is 12.6. The maximum absolute atomic E-state index is 11.0. The second-order valence-electron chi connectivity index (χ2n) is 6.54. The van der Waals surface area contributed by atoms with Gasteiger partial charge in [0.1, 0.15) is 5.10 Å². The fourth-order valence-corrected chi connectivity index (χ4v) is 3.38. The van der Waals surface area contributed by atoms with E-state index in [1.54, 1.807) is 29.3 Å². The quantitative estimate of drug-likeness (QED) is 0.593. The van der Waals surface area contributed by atoms with E-state index in [0.717, 1.165) is 12.0 Å². The van der Waals surface area contributed by atoms with E-state index >= 15 is 0 Å². The molecular formula is C18H21N5O3. The summed E-state index contributed by atoms with van der Waals surface area (Å²) in [7, 11) is 0. The lowest BCUT2D eigenvalue weighted by Gasteiger charge is -2.21. The zero-order chi connectivity index (χ0) is 18.5. The molecule has 2 aliphatic rings. The Hall–Kier alpha value is -2.92. The van der Waals surface area contributed by atoms with E-state index in [9.17, 15) is 15.4 Å². The van der Waals surface area contributed by atoms with Gasteiger partial charge in [-0.2, -0.15) is 5.26 Å². The van der Waals surface area contributed by atoms with Gasteiger partial charge >= 0.3 is 0 Å². The van der Waals surface area contributed by atoms with Gasteiger partial charge in [-0.15, -0.1) is 0 Å². The van der Waals surface area contributed by atoms with Gasteiger partial charge in [0.2, 0.25) is 0 Å². The predicted molar refractivity (Wildman–Crippen MR) is 96.4 cm³/mol. The highest BCUT2D eigenvalue weighted by Gasteiger charge is 2.32. The predicted octanol–water partition coefficient (Wildman–Crippen LogP) is 2.12. The van der Waals surface area contributed by atoms with Crippen molar-refractivity contribution in [2.75, 3.05) is 26.2 Å². The van der Waals surface area contributed by atoms with E-state index in [-0.39, 0.29) is 6.10 Å². The van der Waals surface area contributed by atoms with E-state index in [1.165, 1.54) is 0 Å². The summed E-state index contributed by atoms with van der Waals surface area (Å²) < 4.78 is 5.59. The molecule has 1 aromatic carbocycles. The highest BCUT2D eigenvalue weighted by atomic mass is 16.7. The van der Waals surface area contributed by atoms with Crippen LogP contribution in [-0.2, 0) is 4.74 Å². The van der Waals surface area contributed by atoms with E-state index < -0.39 is 5.03 Å². The lowest BCUT2D eigenvalue weighted by atomic mass is 10.1. The molecular weight excluding hydrogens is 334 g/mol. The summed E-state index contributed by atoms with van der Waals surface area (Å²) >= 11 is 0. The highest BCUT2D eigenvalue weighted by Crippen LogP contribution is 2.22. The number of benzene rings is 1. The number of hydrogen-bond acceptors (Lipinski definition) is 4. The van der Waals surface area contributed by atoms with Crippen molar-refractivity contribution in [3.05, 3.63) is 51.7 Å². The monoisotopic (exact) mass is 355 g/mol. The van der Waals surface area contributed by atoms with Crippen LogP contribution in [0.4, 0.5) is 0 Å². The van der Waals surface area contributed by atoms with Gasteiger partial charge in [0.25, 0.3) is 5.96 Å². The Morgan fingerprint density at radius 2 is 2.27 bits per heavy atom. The number of hydrazone groups is 1. The Balaban J connectivity index is 1.75. The number of nitro groups is 1. The van der Waals surface area contributed by atoms with Crippen molar-refractivity contribution in [2.45, 2.75) is 19.4 Å². The standard InChI is InChI=1S/C18H21N5O3/c1-14-10-15(13-26-14)12-22-9-8-21(18(22)20-23(24)25)7-6-16-4-2-3-5-17(16)11-19/h2-7,14-15H,8-10,12-13H2,1H3. The van der Waals surface area contributed by atoms with Gasteiger partial charge in [0, 0.05) is 31.8 Å². The Bertz CT molecular complexity index is 770. The molecule has 2 heterocycles. The summed E-state index contributed by atoms with van der Waals surface area (Å²) in [6.45, 7) is 4.69. The molecule has 0 radical (unpaired) electrons. The van der Waals surface area contributed by atoms with Crippen LogP contribution in [0.15, 0.2) is 35.6 Å². The summed E-state index contributed by atoms with van der Waals surface area (Å²) in [4.78, 5) is 14.7. The smallest absolute Gasteiger partial charge is 0.278 e. The lowest BCUT2D eigenvalue weighted by Crippen LogP contribution is -2.35. The second kappa shape index (κ2) is 7.97. The largest absolute Gasteiger partial charge is 0.378 e. The fraction of sp³-hybridized carbons (Fsp3) is 0.444. The van der Waals surface area contributed by atoms with Crippen LogP contribution in [0.3, 0.4) is 0 Å². The van der Waals surface area contributed by atoms with Crippen LogP contribution in [0.2, 0.25) is 0 Å². The fourth-order valence-electron chi connectivity index (χ4n) is 3.38. The molecule has 2 atom stereocenters. The van der Waals surface area contributed by atoms with Gasteiger partial charge in [-0.3, -0.25) is 0 Å². The minimum atomic E-state index is -0.661. The van der Waals surface area contributed by atoms with E-state index in [1.807, 2.05) is 24.0 Å². The van der Waals surface area contributed by atoms with Crippen molar-refractivity contribution in [3.63, 3.8) is 0 Å². The van der Waals surface area contributed by atoms with Gasteiger partial charge in [0.05, 0.1) is 24.3 Å². The first-order valence-electron chi connectivity index (χ1n) is 8.60. The summed E-state index contributed by atoms with van der Waals surface area (Å²) in [5.74, 6) is 0.686. The minimum absolute atomic E-state index is 0.233. The molecule has 8 nitrogen and oxygen atoms in total. The first-order valence-corrected chi connectivity index (χ1v) is 8.60. The maximum atomic E-state index is 11.0. The first kappa shape index (κ1) is 17.9. The van der Waals surface area contributed by atoms with Crippen LogP contribution in [0.5, 0.6) is 0 Å². The van der Waals surface area contributed by atoms with Gasteiger partial charge in [-0.25, -0.2) is 10.1 Å². The van der Waals surface area contributed by atoms with E-state index in [2.05, 4.69) is 11.2 Å². The second-order valence-corrected chi connectivity index (χ2v) is 6.54. The normalized spacial score (nSPS) is 24.5. The molecule has 0 N–H and O–H groups in total. The van der Waals surface area contributed by atoms with Crippen molar-refractivity contribution >= 4 is 12.0 Å². The van der Waals surface area contributed by atoms with Crippen LogP contribution in [0.25, 0.3) is 6.08 Å². The molecule has 136 valence electrons. The van der Waals surface area contributed by atoms with Crippen LogP contribution >= 0.6 is 0 Å². The summed E-state index contributed by atoms with van der Waals surface area (Å²) in [6, 6.07) is 9.37. The average molecular weight is 355 g/mol. The third kappa shape index (κ3) is 4.18. The zero-order valence-corrected chi connectivity index (χ0v) is 14.6. The molecule has 0 saturated carbocycles. The number of rotatable bonds is 5. The van der Waals surface area contributed by atoms with Gasteiger partial charge in [0.15, 0.2) is 5.03 Å². The molecule has 2 fully saturated rings. The molecule has 8 heteroatoms. The third-order valence-electron chi connectivity index (χ3n) is 4.60. The van der Waals surface area contributed by atoms with E-state index in [4.69, 9.17) is 4.74 Å². The molecule has 2 aliphatic heterocycles. The molecule has 0 aliphatic carbocycles. The average Bonchev–Trinajstić information content (AvgIpc) is 3.20. The molecule has 26 heavy (non-hydrogen) atoms. The van der Waals surface area contributed by atoms with Gasteiger partial charge in [-0.05, 0) is 31.1 Å². The summed E-state index contributed by atoms with van der Waals surface area (Å²) in [5.41, 5.74) is 1.33. The Morgan fingerprint density at radius 1 is 1.46 bits per heavy atom. The molecule has 0 spiro atoms. The topological polar surface area (TPSA) is 95.0 Å². The molecule has 2 unspecified atom stereocenters. The van der Waals surface area contributed by atoms with Crippen LogP contribution in [-0.4, -0.2) is 53.1 Å². The number of ether oxygens (including phenoxy) is 1. The zero-order valence-electron chi connectivity index (χ0n) is 14.6. The number of hydrogen-bond donors (Lipinski definition) is 0. The molecule has 0 amide bonds. The van der Waals surface area contributed by atoms with Crippen LogP contribution in [0.1, 0.15) is 24.5 Å². The summed E-state index contributed by atoms with van der Waals surface area (Å²) in [6.07, 6.45) is 4.73. The maximum Gasteiger partial charge on any atom is 0.278 e. The molecule has 0 aromatic heterocycles. The van der Waals surface area contributed by atoms with Gasteiger partial charge in [-0.1, -0.05) is 18.2 Å². The molecule has 2 saturated heterocycles. The third-order valence-corrected chi connectivity index (χ3v) is 4.60. The van der Waals surface area contributed by atoms with Gasteiger partial charge < -0.3 is 14.5 Å². The van der Waals surface area contributed by atoms with Crippen molar-refractivity contribution < 1.29 is 9.77 Å². The van der Waals surface area contributed by atoms with Crippen molar-refractivity contribution in [3.8, 4) is 6.07 Å². The molecule has 0 bridgehead atoms. The Morgan fingerprint density at radius 3 is 2.96 bits per heavy atom. The van der Waals surface area contributed by atoms with Crippen molar-refractivity contribution in [2.24, 2.45) is 11.0 Å². The SMILES string of the molecule is CC1CC(CN2CCN(C=Cc3ccccc3C#N)C2=N[N+](=O)[O-])CO1. The Kier molecular flexibility index (Phi) is 5.49. The van der Waals surface area contributed by atoms with E-state index in [0.29, 0.717) is 43.7 Å². The van der Waals surface area contributed by atoms with Crippen molar-refractivity contribution in [1.82, 2.24) is 9.80 Å². The van der Waals surface area contributed by atoms with Crippen LogP contribution < -0.4 is 0 Å². The number of guanidine groups is 1. The number of nitrogens with zero attached hydrogens (tertiary/aromatic N) is 5. The summed E-state index contributed by atoms with van der Waals surface area (Å²) in [5, 5.41) is 23.1. The van der Waals surface area contributed by atoms with Crippen molar-refractivity contribution in [1.29, 1.82) is 5.26 Å². The van der Waals surface area contributed by atoms with Crippen LogP contribution in [0, 0.1) is 27.4 Å². The highest BCUT2D eigenvalue weighted by molar-refractivity contribution is 5.83. The molecule has 3 rings (SSSR count). The molecule has 1 aromatic rings. The lowest BCUT2D eigenvalue weighted by molar-refractivity contribution is -0.486. The number of nitriles is 1. The minimum Gasteiger partial charge on any atom is -0.378 e.